The number of nitrogens with zero attached hydrogens (tertiary/aromatic N) is 1. The largest absolute Gasteiger partial charge is 0.483 e. The van der Waals surface area contributed by atoms with Crippen LogP contribution in [0, 0.1) is 0 Å². The van der Waals surface area contributed by atoms with Gasteiger partial charge < -0.3 is 15.5 Å². The molecule has 1 aliphatic heterocycles. The Hall–Kier alpha value is -3.73. The molecule has 0 fully saturated rings. The minimum atomic E-state index is -0.449. The summed E-state index contributed by atoms with van der Waals surface area (Å²) >= 11 is 0. The van der Waals surface area contributed by atoms with Gasteiger partial charge in [-0.05, 0) is 24.5 Å². The first-order chi connectivity index (χ1) is 14.8. The second kappa shape index (κ2) is 13.5. The third-order valence-corrected chi connectivity index (χ3v) is 4.40. The van der Waals surface area contributed by atoms with Gasteiger partial charge in [-0.2, -0.15) is 0 Å². The highest BCUT2D eigenvalue weighted by atomic mass is 16.3. The van der Waals surface area contributed by atoms with Crippen LogP contribution in [0.5, 0.6) is 0 Å². The Morgan fingerprint density at radius 3 is 2.42 bits per heavy atom. The highest BCUT2D eigenvalue weighted by Gasteiger charge is 2.18. The van der Waals surface area contributed by atoms with Gasteiger partial charge in [0, 0.05) is 37.3 Å². The molecule has 1 aromatic heterocycles. The highest BCUT2D eigenvalue weighted by molar-refractivity contribution is 5.78. The highest BCUT2D eigenvalue weighted by Crippen LogP contribution is 2.18. The topological polar surface area (TPSA) is 173 Å². The molecule has 11 nitrogen and oxygen atoms in total. The zero-order valence-corrected chi connectivity index (χ0v) is 17.0. The minimum absolute atomic E-state index is 0.0427. The fourth-order valence-electron chi connectivity index (χ4n) is 3.23. The monoisotopic (exact) mass is 434 g/mol. The molecule has 3 rings (SSSR count). The Morgan fingerprint density at radius 2 is 1.77 bits per heavy atom. The Balaban J connectivity index is 0.000000720. The maximum absolute atomic E-state index is 12.1. The molecule has 2 aromatic rings. The number of hydrogen-bond acceptors (Lipinski definition) is 6. The fraction of sp³-hybridized carbons (Fsp3) is 0.350. The second-order valence-corrected chi connectivity index (χ2v) is 6.72. The molecule has 0 saturated carbocycles. The Kier molecular flexibility index (Phi) is 11.0. The number of rotatable bonds is 5. The number of benzene rings is 1. The summed E-state index contributed by atoms with van der Waals surface area (Å²) in [6.45, 7) is 4.03. The van der Waals surface area contributed by atoms with E-state index in [1.54, 1.807) is 0 Å². The molecule has 0 aliphatic carbocycles. The molecular weight excluding hydrogens is 408 g/mol. The third kappa shape index (κ3) is 9.09. The number of aromatic nitrogens is 2. The van der Waals surface area contributed by atoms with Crippen molar-refractivity contribution < 1.29 is 24.6 Å². The zero-order chi connectivity index (χ0) is 23.2. The number of aromatic amines is 2. The summed E-state index contributed by atoms with van der Waals surface area (Å²) < 4.78 is 0. The number of fused-ring (bicyclic) bond motifs is 1. The molecule has 1 unspecified atom stereocenters. The molecule has 0 radical (unpaired) electrons. The fourth-order valence-corrected chi connectivity index (χ4v) is 3.23. The predicted molar refractivity (Wildman–Crippen MR) is 112 cm³/mol. The van der Waals surface area contributed by atoms with Crippen LogP contribution in [0.25, 0.3) is 0 Å². The first-order valence-corrected chi connectivity index (χ1v) is 9.39. The van der Waals surface area contributed by atoms with Gasteiger partial charge in [0.05, 0.1) is 6.42 Å². The lowest BCUT2D eigenvalue weighted by molar-refractivity contribution is -0.123. The number of carboxylic acid groups (broad SMARTS) is 2. The lowest BCUT2D eigenvalue weighted by Crippen LogP contribution is -2.44. The Labute approximate surface area is 177 Å². The van der Waals surface area contributed by atoms with E-state index in [1.165, 1.54) is 11.1 Å². The molecule has 0 spiro atoms. The van der Waals surface area contributed by atoms with Crippen molar-refractivity contribution in [3.63, 3.8) is 0 Å². The summed E-state index contributed by atoms with van der Waals surface area (Å²) in [5.41, 5.74) is 2.02. The quantitative estimate of drug-likeness (QED) is 0.394. The standard InChI is InChI=1S/C18H22N4O3.2CH2O2/c1-12(10-22-7-6-13-4-2-3-5-14(13)11-22)19-16(23)8-15-9-17(24)20-21-18(15)25;2*2-1-3/h2-5,9,12H,6-8,10-11H2,1H3,(H,19,23)(H,20,24)(H,21,25);2*1H,(H,2,3). The van der Waals surface area contributed by atoms with Crippen molar-refractivity contribution in [3.05, 3.63) is 67.7 Å². The average molecular weight is 434 g/mol. The molecule has 2 heterocycles. The maximum atomic E-state index is 12.1. The summed E-state index contributed by atoms with van der Waals surface area (Å²) in [6.07, 6.45) is 0.908. The Morgan fingerprint density at radius 1 is 1.16 bits per heavy atom. The summed E-state index contributed by atoms with van der Waals surface area (Å²) in [6, 6.07) is 9.53. The molecule has 1 aromatic carbocycles. The molecule has 1 amide bonds. The molecule has 0 saturated heterocycles. The maximum Gasteiger partial charge on any atom is 0.290 e. The van der Waals surface area contributed by atoms with E-state index >= 15 is 0 Å². The van der Waals surface area contributed by atoms with Crippen molar-refractivity contribution in [1.82, 2.24) is 20.4 Å². The van der Waals surface area contributed by atoms with Gasteiger partial charge in [0.25, 0.3) is 24.1 Å². The van der Waals surface area contributed by atoms with Crippen LogP contribution in [0.15, 0.2) is 39.9 Å². The van der Waals surface area contributed by atoms with E-state index in [-0.39, 0.29) is 36.9 Å². The van der Waals surface area contributed by atoms with E-state index < -0.39 is 11.1 Å². The van der Waals surface area contributed by atoms with Crippen LogP contribution in [0.4, 0.5) is 0 Å². The first kappa shape index (κ1) is 25.3. The number of nitrogens with one attached hydrogen (secondary N) is 3. The van der Waals surface area contributed by atoms with E-state index in [2.05, 4.69) is 38.6 Å². The van der Waals surface area contributed by atoms with Gasteiger partial charge in [0.15, 0.2) is 0 Å². The van der Waals surface area contributed by atoms with E-state index in [0.717, 1.165) is 32.1 Å². The molecule has 31 heavy (non-hydrogen) atoms. The number of hydrogen-bond donors (Lipinski definition) is 5. The van der Waals surface area contributed by atoms with Gasteiger partial charge in [-0.15, -0.1) is 0 Å². The van der Waals surface area contributed by atoms with Crippen molar-refractivity contribution >= 4 is 18.9 Å². The number of H-pyrrole nitrogens is 2. The van der Waals surface area contributed by atoms with E-state index in [9.17, 15) is 14.4 Å². The molecule has 5 N–H and O–H groups in total. The lowest BCUT2D eigenvalue weighted by atomic mass is 9.99. The van der Waals surface area contributed by atoms with Crippen molar-refractivity contribution in [2.24, 2.45) is 0 Å². The molecule has 1 atom stereocenters. The Bertz CT molecular complexity index is 964. The van der Waals surface area contributed by atoms with Gasteiger partial charge in [-0.3, -0.25) is 39.1 Å². The molecule has 168 valence electrons. The first-order valence-electron chi connectivity index (χ1n) is 9.39. The lowest BCUT2D eigenvalue weighted by Gasteiger charge is -2.31. The smallest absolute Gasteiger partial charge is 0.290 e. The van der Waals surface area contributed by atoms with Crippen molar-refractivity contribution in [3.8, 4) is 0 Å². The van der Waals surface area contributed by atoms with E-state index in [0.29, 0.717) is 0 Å². The van der Waals surface area contributed by atoms with Crippen LogP contribution in [-0.2, 0) is 33.8 Å². The zero-order valence-electron chi connectivity index (χ0n) is 17.0. The minimum Gasteiger partial charge on any atom is -0.483 e. The van der Waals surface area contributed by atoms with Crippen molar-refractivity contribution in [2.45, 2.75) is 32.4 Å². The normalized spacial score (nSPS) is 13.2. The molecule has 1 aliphatic rings. The number of amides is 1. The van der Waals surface area contributed by atoms with Crippen molar-refractivity contribution in [1.29, 1.82) is 0 Å². The van der Waals surface area contributed by atoms with Crippen LogP contribution in [-0.4, -0.2) is 63.3 Å². The molecule has 11 heteroatoms. The predicted octanol–water partition coefficient (Wildman–Crippen LogP) is -0.430. The van der Waals surface area contributed by atoms with Gasteiger partial charge in [-0.1, -0.05) is 24.3 Å². The number of carbonyl (C=O) groups is 3. The van der Waals surface area contributed by atoms with Crippen LogP contribution in [0.3, 0.4) is 0 Å². The summed E-state index contributed by atoms with van der Waals surface area (Å²) in [4.78, 5) is 54.0. The van der Waals surface area contributed by atoms with Gasteiger partial charge in [0.2, 0.25) is 5.91 Å². The van der Waals surface area contributed by atoms with Crippen LogP contribution in [0.2, 0.25) is 0 Å². The van der Waals surface area contributed by atoms with Crippen molar-refractivity contribution in [2.75, 3.05) is 13.1 Å². The SMILES string of the molecule is CC(CN1CCc2ccccc2C1)NC(=O)Cc1cc(=O)[nH][nH]c1=O.O=CO.O=CO. The third-order valence-electron chi connectivity index (χ3n) is 4.40. The van der Waals surface area contributed by atoms with E-state index in [4.69, 9.17) is 19.8 Å². The van der Waals surface area contributed by atoms with Crippen LogP contribution in [0.1, 0.15) is 23.6 Å². The molecular formula is C20H26N4O7. The second-order valence-electron chi connectivity index (χ2n) is 6.72. The average Bonchev–Trinajstić information content (AvgIpc) is 2.71. The van der Waals surface area contributed by atoms with Gasteiger partial charge >= 0.3 is 0 Å². The summed E-state index contributed by atoms with van der Waals surface area (Å²) in [7, 11) is 0. The molecule has 0 bridgehead atoms. The van der Waals surface area contributed by atoms with Gasteiger partial charge in [-0.25, -0.2) is 0 Å². The summed E-state index contributed by atoms with van der Waals surface area (Å²) in [5.74, 6) is -0.263. The summed E-state index contributed by atoms with van der Waals surface area (Å²) in [5, 5.41) is 21.1. The van der Waals surface area contributed by atoms with E-state index in [1.807, 2.05) is 13.0 Å². The van der Waals surface area contributed by atoms with Crippen LogP contribution < -0.4 is 16.4 Å². The van der Waals surface area contributed by atoms with Gasteiger partial charge in [0.1, 0.15) is 0 Å². The van der Waals surface area contributed by atoms with Crippen LogP contribution >= 0.6 is 0 Å². The number of carbonyl (C=O) groups excluding carboxylic acids is 1.